The molecule has 0 aliphatic rings. The van der Waals surface area contributed by atoms with E-state index < -0.39 is 0 Å². The lowest BCUT2D eigenvalue weighted by Crippen LogP contribution is -2.13. The minimum atomic E-state index is 0.0618. The van der Waals surface area contributed by atoms with Crippen molar-refractivity contribution in [3.63, 3.8) is 0 Å². The maximum absolute atomic E-state index is 6.21. The lowest BCUT2D eigenvalue weighted by atomic mass is 9.85. The molecule has 0 radical (unpaired) electrons. The van der Waals surface area contributed by atoms with Gasteiger partial charge in [-0.25, -0.2) is 0 Å². The lowest BCUT2D eigenvalue weighted by molar-refractivity contribution is 0.451. The highest BCUT2D eigenvalue weighted by molar-refractivity contribution is 5.47. The fourth-order valence-electron chi connectivity index (χ4n) is 2.44. The first-order chi connectivity index (χ1) is 10.4. The van der Waals surface area contributed by atoms with Crippen LogP contribution in [0.2, 0.25) is 0 Å². The molecule has 0 aliphatic heterocycles. The summed E-state index contributed by atoms with van der Waals surface area (Å²) in [6, 6.07) is 14.7. The molecule has 0 unspecified atom stereocenters. The summed E-state index contributed by atoms with van der Waals surface area (Å²) in [5.41, 5.74) is 3.75. The standard InChI is InChI=1S/C20H27NO/c1-6-21-14-16-10-12-17(13-11-16)22-19-15(2)8-7-9-18(19)20(3,4)5/h7-13,21H,6,14H2,1-5H3. The zero-order chi connectivity index (χ0) is 16.2. The van der Waals surface area contributed by atoms with E-state index in [1.165, 1.54) is 16.7 Å². The second-order valence-electron chi connectivity index (χ2n) is 6.73. The predicted octanol–water partition coefficient (Wildman–Crippen LogP) is 5.19. The number of para-hydroxylation sites is 1. The van der Waals surface area contributed by atoms with Gasteiger partial charge in [0.05, 0.1) is 0 Å². The number of nitrogens with one attached hydrogen (secondary N) is 1. The molecule has 22 heavy (non-hydrogen) atoms. The molecule has 0 bridgehead atoms. The average Bonchev–Trinajstić information content (AvgIpc) is 2.47. The van der Waals surface area contributed by atoms with Gasteiger partial charge < -0.3 is 10.1 Å². The van der Waals surface area contributed by atoms with Crippen molar-refractivity contribution in [1.82, 2.24) is 5.32 Å². The number of hydrogen-bond acceptors (Lipinski definition) is 2. The molecule has 0 saturated carbocycles. The van der Waals surface area contributed by atoms with Gasteiger partial charge in [0.15, 0.2) is 0 Å². The van der Waals surface area contributed by atoms with E-state index in [0.29, 0.717) is 0 Å². The SMILES string of the molecule is CCNCc1ccc(Oc2c(C)cccc2C(C)(C)C)cc1. The Morgan fingerprint density at radius 2 is 1.68 bits per heavy atom. The van der Waals surface area contributed by atoms with Crippen LogP contribution in [-0.4, -0.2) is 6.54 Å². The van der Waals surface area contributed by atoms with Gasteiger partial charge in [-0.2, -0.15) is 0 Å². The number of ether oxygens (including phenoxy) is 1. The van der Waals surface area contributed by atoms with E-state index in [0.717, 1.165) is 24.6 Å². The molecule has 0 heterocycles. The normalized spacial score (nSPS) is 11.5. The van der Waals surface area contributed by atoms with Crippen molar-refractivity contribution in [1.29, 1.82) is 0 Å². The Morgan fingerprint density at radius 1 is 1.00 bits per heavy atom. The third-order valence-electron chi connectivity index (χ3n) is 3.74. The van der Waals surface area contributed by atoms with Gasteiger partial charge in [-0.1, -0.05) is 58.0 Å². The summed E-state index contributed by atoms with van der Waals surface area (Å²) in [7, 11) is 0. The summed E-state index contributed by atoms with van der Waals surface area (Å²) >= 11 is 0. The van der Waals surface area contributed by atoms with E-state index >= 15 is 0 Å². The molecule has 0 saturated heterocycles. The van der Waals surface area contributed by atoms with E-state index in [1.807, 2.05) is 12.1 Å². The van der Waals surface area contributed by atoms with Crippen molar-refractivity contribution >= 4 is 0 Å². The van der Waals surface area contributed by atoms with Crippen LogP contribution in [0.25, 0.3) is 0 Å². The molecule has 2 nitrogen and oxygen atoms in total. The van der Waals surface area contributed by atoms with Crippen LogP contribution in [0.5, 0.6) is 11.5 Å². The number of benzene rings is 2. The van der Waals surface area contributed by atoms with Crippen LogP contribution in [0.3, 0.4) is 0 Å². The first kappa shape index (κ1) is 16.6. The summed E-state index contributed by atoms with van der Waals surface area (Å²) in [4.78, 5) is 0. The Bertz CT molecular complexity index is 609. The minimum absolute atomic E-state index is 0.0618. The number of aryl methyl sites for hydroxylation is 1. The quantitative estimate of drug-likeness (QED) is 0.819. The summed E-state index contributed by atoms with van der Waals surface area (Å²) in [5, 5.41) is 3.33. The van der Waals surface area contributed by atoms with Crippen LogP contribution in [0.4, 0.5) is 0 Å². The van der Waals surface area contributed by atoms with E-state index in [-0.39, 0.29) is 5.41 Å². The van der Waals surface area contributed by atoms with Gasteiger partial charge in [0.2, 0.25) is 0 Å². The third-order valence-corrected chi connectivity index (χ3v) is 3.74. The lowest BCUT2D eigenvalue weighted by Gasteiger charge is -2.24. The van der Waals surface area contributed by atoms with Gasteiger partial charge in [-0.05, 0) is 42.1 Å². The largest absolute Gasteiger partial charge is 0.457 e. The zero-order valence-electron chi connectivity index (χ0n) is 14.4. The Labute approximate surface area is 134 Å². The van der Waals surface area contributed by atoms with Crippen LogP contribution in [0.15, 0.2) is 42.5 Å². The molecule has 2 heteroatoms. The van der Waals surface area contributed by atoms with Crippen molar-refractivity contribution in [3.8, 4) is 11.5 Å². The molecule has 118 valence electrons. The average molecular weight is 297 g/mol. The van der Waals surface area contributed by atoms with Gasteiger partial charge in [0, 0.05) is 12.1 Å². The molecule has 0 aromatic heterocycles. The first-order valence-corrected chi connectivity index (χ1v) is 7.99. The van der Waals surface area contributed by atoms with E-state index in [9.17, 15) is 0 Å². The molecular formula is C20H27NO. The van der Waals surface area contributed by atoms with Gasteiger partial charge in [-0.3, -0.25) is 0 Å². The monoisotopic (exact) mass is 297 g/mol. The Balaban J connectivity index is 2.24. The maximum atomic E-state index is 6.21. The molecular weight excluding hydrogens is 270 g/mol. The molecule has 0 atom stereocenters. The van der Waals surface area contributed by atoms with Crippen LogP contribution < -0.4 is 10.1 Å². The predicted molar refractivity (Wildman–Crippen MR) is 93.8 cm³/mol. The minimum Gasteiger partial charge on any atom is -0.457 e. The van der Waals surface area contributed by atoms with Crippen LogP contribution >= 0.6 is 0 Å². The molecule has 0 spiro atoms. The second-order valence-corrected chi connectivity index (χ2v) is 6.73. The van der Waals surface area contributed by atoms with E-state index in [1.54, 1.807) is 0 Å². The molecule has 2 aromatic carbocycles. The Kier molecular flexibility index (Phi) is 5.25. The fourth-order valence-corrected chi connectivity index (χ4v) is 2.44. The van der Waals surface area contributed by atoms with E-state index in [4.69, 9.17) is 4.74 Å². The highest BCUT2D eigenvalue weighted by Gasteiger charge is 2.20. The third kappa shape index (κ3) is 4.11. The van der Waals surface area contributed by atoms with Gasteiger partial charge in [0.1, 0.15) is 11.5 Å². The van der Waals surface area contributed by atoms with Crippen molar-refractivity contribution in [2.24, 2.45) is 0 Å². The number of rotatable bonds is 5. The van der Waals surface area contributed by atoms with Crippen LogP contribution in [0.1, 0.15) is 44.4 Å². The second kappa shape index (κ2) is 6.97. The summed E-state index contributed by atoms with van der Waals surface area (Å²) in [6.45, 7) is 12.7. The molecule has 0 aliphatic carbocycles. The maximum Gasteiger partial charge on any atom is 0.134 e. The van der Waals surface area contributed by atoms with Crippen LogP contribution in [0, 0.1) is 6.92 Å². The van der Waals surface area contributed by atoms with Gasteiger partial charge >= 0.3 is 0 Å². The van der Waals surface area contributed by atoms with Gasteiger partial charge in [-0.15, -0.1) is 0 Å². The molecule has 1 N–H and O–H groups in total. The highest BCUT2D eigenvalue weighted by Crippen LogP contribution is 2.36. The zero-order valence-corrected chi connectivity index (χ0v) is 14.4. The van der Waals surface area contributed by atoms with Crippen molar-refractivity contribution in [3.05, 3.63) is 59.2 Å². The first-order valence-electron chi connectivity index (χ1n) is 7.99. The summed E-state index contributed by atoms with van der Waals surface area (Å²) < 4.78 is 6.21. The molecule has 2 aromatic rings. The van der Waals surface area contributed by atoms with Crippen molar-refractivity contribution in [2.45, 2.75) is 46.6 Å². The fraction of sp³-hybridized carbons (Fsp3) is 0.400. The Morgan fingerprint density at radius 3 is 2.27 bits per heavy atom. The summed E-state index contributed by atoms with van der Waals surface area (Å²) in [5.74, 6) is 1.87. The number of hydrogen-bond donors (Lipinski definition) is 1. The molecule has 0 fully saturated rings. The Hall–Kier alpha value is -1.80. The van der Waals surface area contributed by atoms with Crippen molar-refractivity contribution in [2.75, 3.05) is 6.54 Å². The molecule has 2 rings (SSSR count). The highest BCUT2D eigenvalue weighted by atomic mass is 16.5. The summed E-state index contributed by atoms with van der Waals surface area (Å²) in [6.07, 6.45) is 0. The van der Waals surface area contributed by atoms with Crippen molar-refractivity contribution < 1.29 is 4.74 Å². The van der Waals surface area contributed by atoms with E-state index in [2.05, 4.69) is 70.3 Å². The van der Waals surface area contributed by atoms with Gasteiger partial charge in [0.25, 0.3) is 0 Å². The topological polar surface area (TPSA) is 21.3 Å². The molecule has 0 amide bonds. The van der Waals surface area contributed by atoms with Crippen LogP contribution in [-0.2, 0) is 12.0 Å². The smallest absolute Gasteiger partial charge is 0.134 e.